The van der Waals surface area contributed by atoms with E-state index in [0.29, 0.717) is 12.1 Å². The lowest BCUT2D eigenvalue weighted by atomic mass is 10.2. The predicted molar refractivity (Wildman–Crippen MR) is 60.6 cm³/mol. The van der Waals surface area contributed by atoms with E-state index in [-0.39, 0.29) is 18.8 Å². The smallest absolute Gasteiger partial charge is 0.310 e. The van der Waals surface area contributed by atoms with E-state index in [1.807, 2.05) is 0 Å². The largest absolute Gasteiger partial charge is 0.466 e. The fourth-order valence-corrected chi connectivity index (χ4v) is 1.29. The summed E-state index contributed by atoms with van der Waals surface area (Å²) in [5.41, 5.74) is -0.190. The third kappa shape index (κ3) is 3.65. The minimum absolute atomic E-state index is 0.0703. The van der Waals surface area contributed by atoms with Crippen molar-refractivity contribution in [2.75, 3.05) is 18.5 Å². The second-order valence-corrected chi connectivity index (χ2v) is 3.78. The van der Waals surface area contributed by atoms with Crippen LogP contribution in [0.3, 0.4) is 0 Å². The summed E-state index contributed by atoms with van der Waals surface area (Å²) >= 11 is 0. The number of nitrogens with one attached hydrogen (secondary N) is 1. The summed E-state index contributed by atoms with van der Waals surface area (Å²) in [5, 5.41) is 2.54. The van der Waals surface area contributed by atoms with Gasteiger partial charge in [-0.3, -0.25) is 4.79 Å². The second-order valence-electron chi connectivity index (χ2n) is 3.78. The first-order valence-corrected chi connectivity index (χ1v) is 5.50. The second kappa shape index (κ2) is 6.28. The topological polar surface area (TPSA) is 38.3 Å². The number of hydrogen-bond donors (Lipinski definition) is 1. The SMILES string of the molecule is CCOC(=O)C(C)CNc1cc(F)c(F)cc1F. The van der Waals surface area contributed by atoms with E-state index >= 15 is 0 Å². The highest BCUT2D eigenvalue weighted by Crippen LogP contribution is 2.18. The van der Waals surface area contributed by atoms with E-state index in [2.05, 4.69) is 5.32 Å². The minimum Gasteiger partial charge on any atom is -0.466 e. The van der Waals surface area contributed by atoms with Gasteiger partial charge in [-0.25, -0.2) is 13.2 Å². The maximum Gasteiger partial charge on any atom is 0.310 e. The van der Waals surface area contributed by atoms with E-state index in [1.165, 1.54) is 0 Å². The predicted octanol–water partition coefficient (Wildman–Crippen LogP) is 2.72. The van der Waals surface area contributed by atoms with Gasteiger partial charge < -0.3 is 10.1 Å². The zero-order chi connectivity index (χ0) is 13.7. The first kappa shape index (κ1) is 14.3. The molecule has 0 aromatic heterocycles. The Hall–Kier alpha value is -1.72. The van der Waals surface area contributed by atoms with E-state index in [4.69, 9.17) is 4.74 Å². The van der Waals surface area contributed by atoms with Crippen LogP contribution in [-0.4, -0.2) is 19.1 Å². The molecule has 1 rings (SSSR count). The summed E-state index contributed by atoms with van der Waals surface area (Å²) in [5.74, 6) is -4.27. The molecule has 18 heavy (non-hydrogen) atoms. The molecular formula is C12H14F3NO2. The normalized spacial score (nSPS) is 12.1. The molecule has 0 bridgehead atoms. The highest BCUT2D eigenvalue weighted by atomic mass is 19.2. The van der Waals surface area contributed by atoms with Crippen molar-refractivity contribution in [1.82, 2.24) is 0 Å². The summed E-state index contributed by atoms with van der Waals surface area (Å²) in [6, 6.07) is 1.16. The molecule has 6 heteroatoms. The van der Waals surface area contributed by atoms with Crippen molar-refractivity contribution in [2.45, 2.75) is 13.8 Å². The van der Waals surface area contributed by atoms with Gasteiger partial charge in [0.1, 0.15) is 5.82 Å². The third-order valence-corrected chi connectivity index (χ3v) is 2.30. The Labute approximate surface area is 103 Å². The number of halogens is 3. The van der Waals surface area contributed by atoms with Gasteiger partial charge in [-0.1, -0.05) is 6.92 Å². The molecule has 0 spiro atoms. The molecule has 0 saturated carbocycles. The van der Waals surface area contributed by atoms with Gasteiger partial charge in [0.05, 0.1) is 18.2 Å². The highest BCUT2D eigenvalue weighted by Gasteiger charge is 2.15. The minimum atomic E-state index is -1.25. The maximum atomic E-state index is 13.2. The lowest BCUT2D eigenvalue weighted by molar-refractivity contribution is -0.146. The van der Waals surface area contributed by atoms with Crippen LogP contribution < -0.4 is 5.32 Å². The zero-order valence-corrected chi connectivity index (χ0v) is 10.1. The van der Waals surface area contributed by atoms with Crippen molar-refractivity contribution in [3.05, 3.63) is 29.6 Å². The number of carbonyl (C=O) groups is 1. The van der Waals surface area contributed by atoms with Crippen LogP contribution in [0.25, 0.3) is 0 Å². The number of hydrogen-bond acceptors (Lipinski definition) is 3. The molecule has 1 atom stereocenters. The molecule has 0 aliphatic carbocycles. The number of ether oxygens (including phenoxy) is 1. The van der Waals surface area contributed by atoms with E-state index in [1.54, 1.807) is 13.8 Å². The number of rotatable bonds is 5. The summed E-state index contributed by atoms with van der Waals surface area (Å²) in [6.07, 6.45) is 0. The van der Waals surface area contributed by atoms with Crippen LogP contribution >= 0.6 is 0 Å². The Morgan fingerprint density at radius 2 is 1.89 bits per heavy atom. The lowest BCUT2D eigenvalue weighted by Gasteiger charge is -2.13. The van der Waals surface area contributed by atoms with Gasteiger partial charge in [0, 0.05) is 18.7 Å². The van der Waals surface area contributed by atoms with Gasteiger partial charge in [0.2, 0.25) is 0 Å². The Morgan fingerprint density at radius 3 is 2.50 bits per heavy atom. The summed E-state index contributed by atoms with van der Waals surface area (Å²) in [7, 11) is 0. The van der Waals surface area contributed by atoms with Crippen molar-refractivity contribution in [2.24, 2.45) is 5.92 Å². The van der Waals surface area contributed by atoms with Crippen molar-refractivity contribution in [3.63, 3.8) is 0 Å². The Kier molecular flexibility index (Phi) is 5.00. The van der Waals surface area contributed by atoms with Crippen LogP contribution in [0.2, 0.25) is 0 Å². The third-order valence-electron chi connectivity index (χ3n) is 2.30. The first-order chi connectivity index (χ1) is 8.45. The molecule has 0 aliphatic rings. The monoisotopic (exact) mass is 261 g/mol. The van der Waals surface area contributed by atoms with Gasteiger partial charge in [-0.05, 0) is 6.92 Å². The average molecular weight is 261 g/mol. The molecule has 3 nitrogen and oxygen atoms in total. The maximum absolute atomic E-state index is 13.2. The van der Waals surface area contributed by atoms with Crippen LogP contribution in [0.15, 0.2) is 12.1 Å². The standard InChI is InChI=1S/C12H14F3NO2/c1-3-18-12(17)7(2)6-16-11-5-9(14)8(13)4-10(11)15/h4-5,7,16H,3,6H2,1-2H3. The van der Waals surface area contributed by atoms with E-state index in [0.717, 1.165) is 0 Å². The Morgan fingerprint density at radius 1 is 1.28 bits per heavy atom. The summed E-state index contributed by atoms with van der Waals surface area (Å²) in [6.45, 7) is 3.58. The molecule has 1 aromatic rings. The zero-order valence-electron chi connectivity index (χ0n) is 10.1. The summed E-state index contributed by atoms with van der Waals surface area (Å²) < 4.78 is 43.6. The van der Waals surface area contributed by atoms with Crippen molar-refractivity contribution in [3.8, 4) is 0 Å². The Bertz CT molecular complexity index is 438. The number of anilines is 1. The van der Waals surface area contributed by atoms with Crippen LogP contribution in [0.1, 0.15) is 13.8 Å². The first-order valence-electron chi connectivity index (χ1n) is 5.50. The molecule has 1 unspecified atom stereocenters. The van der Waals surface area contributed by atoms with E-state index in [9.17, 15) is 18.0 Å². The molecule has 0 aliphatic heterocycles. The molecule has 0 heterocycles. The number of benzene rings is 1. The van der Waals surface area contributed by atoms with Crippen molar-refractivity contribution < 1.29 is 22.7 Å². The molecule has 1 aromatic carbocycles. The fraction of sp³-hybridized carbons (Fsp3) is 0.417. The van der Waals surface area contributed by atoms with Crippen LogP contribution in [0, 0.1) is 23.4 Å². The van der Waals surface area contributed by atoms with Crippen LogP contribution in [0.4, 0.5) is 18.9 Å². The van der Waals surface area contributed by atoms with Crippen LogP contribution in [-0.2, 0) is 9.53 Å². The highest BCUT2D eigenvalue weighted by molar-refractivity contribution is 5.72. The lowest BCUT2D eigenvalue weighted by Crippen LogP contribution is -2.23. The fourth-order valence-electron chi connectivity index (χ4n) is 1.29. The summed E-state index contributed by atoms with van der Waals surface area (Å²) in [4.78, 5) is 11.3. The molecule has 0 radical (unpaired) electrons. The molecule has 100 valence electrons. The quantitative estimate of drug-likeness (QED) is 0.654. The van der Waals surface area contributed by atoms with Gasteiger partial charge in [-0.15, -0.1) is 0 Å². The van der Waals surface area contributed by atoms with Gasteiger partial charge in [0.15, 0.2) is 11.6 Å². The molecule has 0 fully saturated rings. The van der Waals surface area contributed by atoms with Gasteiger partial charge in [0.25, 0.3) is 0 Å². The average Bonchev–Trinajstić information content (AvgIpc) is 2.32. The number of esters is 1. The molecule has 1 N–H and O–H groups in total. The molecule has 0 saturated heterocycles. The van der Waals surface area contributed by atoms with Gasteiger partial charge in [-0.2, -0.15) is 0 Å². The van der Waals surface area contributed by atoms with Crippen LogP contribution in [0.5, 0.6) is 0 Å². The molecular weight excluding hydrogens is 247 g/mol. The Balaban J connectivity index is 2.63. The van der Waals surface area contributed by atoms with E-state index < -0.39 is 29.3 Å². The molecule has 0 amide bonds. The van der Waals surface area contributed by atoms with Crippen molar-refractivity contribution >= 4 is 11.7 Å². The van der Waals surface area contributed by atoms with Crippen molar-refractivity contribution in [1.29, 1.82) is 0 Å². The van der Waals surface area contributed by atoms with Gasteiger partial charge >= 0.3 is 5.97 Å². The number of carbonyl (C=O) groups excluding carboxylic acids is 1.